The van der Waals surface area contributed by atoms with Crippen molar-refractivity contribution < 1.29 is 53.4 Å². The fourth-order valence-corrected chi connectivity index (χ4v) is 9.56. The second kappa shape index (κ2) is 19.8. The van der Waals surface area contributed by atoms with E-state index in [1.54, 1.807) is 45.9 Å². The smallest absolute Gasteiger partial charge is 0.307 e. The van der Waals surface area contributed by atoms with E-state index in [4.69, 9.17) is 28.3 Å². The van der Waals surface area contributed by atoms with Crippen LogP contribution in [0.15, 0.2) is 74.9 Å². The van der Waals surface area contributed by atoms with E-state index in [1.807, 2.05) is 6.08 Å². The summed E-state index contributed by atoms with van der Waals surface area (Å²) >= 11 is 0. The van der Waals surface area contributed by atoms with E-state index in [1.165, 1.54) is 59.3 Å². The van der Waals surface area contributed by atoms with Crippen molar-refractivity contribution in [1.29, 1.82) is 0 Å². The van der Waals surface area contributed by atoms with Gasteiger partial charge in [0.05, 0.1) is 35.2 Å². The van der Waals surface area contributed by atoms with E-state index >= 15 is 0 Å². The van der Waals surface area contributed by atoms with Crippen molar-refractivity contribution in [3.8, 4) is 11.5 Å². The number of esters is 1. The van der Waals surface area contributed by atoms with Crippen LogP contribution in [-0.2, 0) is 23.8 Å². The van der Waals surface area contributed by atoms with Gasteiger partial charge in [-0.2, -0.15) is 0 Å². The molecule has 17 heteroatoms. The summed E-state index contributed by atoms with van der Waals surface area (Å²) in [4.78, 5) is 64.6. The Labute approximate surface area is 393 Å². The molecule has 1 saturated heterocycles. The summed E-state index contributed by atoms with van der Waals surface area (Å²) in [5.41, 5.74) is -1.42. The molecule has 364 valence electrons. The zero-order valence-electron chi connectivity index (χ0n) is 40.0. The second-order valence-corrected chi connectivity index (χ2v) is 18.4. The van der Waals surface area contributed by atoms with Gasteiger partial charge in [-0.25, -0.2) is 4.98 Å². The van der Waals surface area contributed by atoms with Crippen molar-refractivity contribution in [2.24, 2.45) is 23.7 Å². The van der Waals surface area contributed by atoms with Crippen LogP contribution < -0.4 is 31.0 Å². The molecule has 1 fully saturated rings. The predicted molar refractivity (Wildman–Crippen MR) is 258 cm³/mol. The maximum Gasteiger partial charge on any atom is 0.307 e. The number of allylic oxidation sites excluding steroid dienone is 2. The summed E-state index contributed by atoms with van der Waals surface area (Å²) < 4.78 is 30.5. The highest BCUT2D eigenvalue weighted by atomic mass is 16.7. The molecule has 3 aromatic carbocycles. The summed E-state index contributed by atoms with van der Waals surface area (Å²) in [7, 11) is 1.44. The number of hydrogen-bond acceptors (Lipinski definition) is 16. The molecule has 7 rings (SSSR count). The maximum atomic E-state index is 14.9. The van der Waals surface area contributed by atoms with E-state index in [2.05, 4.69) is 21.7 Å². The quantitative estimate of drug-likeness (QED) is 0.0719. The van der Waals surface area contributed by atoms with Crippen LogP contribution in [0.4, 0.5) is 11.4 Å². The van der Waals surface area contributed by atoms with E-state index in [9.17, 15) is 39.6 Å². The van der Waals surface area contributed by atoms with Crippen LogP contribution in [0.25, 0.3) is 38.7 Å². The van der Waals surface area contributed by atoms with Crippen LogP contribution in [0.2, 0.25) is 0 Å². The van der Waals surface area contributed by atoms with Crippen LogP contribution in [-0.4, -0.2) is 112 Å². The molecule has 17 nitrogen and oxygen atoms in total. The number of piperazine rings is 1. The van der Waals surface area contributed by atoms with Crippen molar-refractivity contribution in [2.45, 2.75) is 92.0 Å². The molecule has 1 aromatic heterocycles. The number of nitrogens with one attached hydrogen (secondary N) is 1. The Morgan fingerprint density at radius 1 is 0.985 bits per heavy atom. The standard InChI is InChI=1S/C51H62N4O13/c1-11-12-17-54-18-20-55(21-19-54)32-23-33(57)39-35(24-32)67-48-40(52-39)36-37-44(60)30(7)47-38(36)49(62)51(9,68-47)65-22-16-34(64-10)27(4)46(66-31(8)56)29(6)43(59)28(5)42(58)25(2)14-13-15-26(3)50(63)53-41(48)45(37)61/h11,13-16,22-25,27-29,34,42-43,46,58-60,62H,1,12,17-21H2,2-10H3,(H,53,63)/b14-13+,22-16-,26-15+/t25-,27+,28+,29+,34-,42-,43+,46+,51-/m0/s1. The number of phenols is 1. The van der Waals surface area contributed by atoms with Crippen LogP contribution in [0.1, 0.15) is 60.5 Å². The van der Waals surface area contributed by atoms with Gasteiger partial charge in [0.15, 0.2) is 22.4 Å². The predicted octanol–water partition coefficient (Wildman–Crippen LogP) is 5.26. The molecule has 0 saturated carbocycles. The van der Waals surface area contributed by atoms with Gasteiger partial charge in [0.1, 0.15) is 28.8 Å². The number of ether oxygens (including phenoxy) is 4. The van der Waals surface area contributed by atoms with Gasteiger partial charge in [-0.1, -0.05) is 52.0 Å². The molecular formula is C51H62N4O13. The van der Waals surface area contributed by atoms with Crippen LogP contribution >= 0.6 is 0 Å². The second-order valence-electron chi connectivity index (χ2n) is 18.4. The monoisotopic (exact) mass is 938 g/mol. The molecule has 0 radical (unpaired) electrons. The van der Waals surface area contributed by atoms with E-state index < -0.39 is 88.1 Å². The Hall–Kier alpha value is -6.27. The third kappa shape index (κ3) is 9.19. The summed E-state index contributed by atoms with van der Waals surface area (Å²) in [5, 5.41) is 49.3. The molecular weight excluding hydrogens is 877 g/mol. The number of anilines is 2. The van der Waals surface area contributed by atoms with E-state index in [0.717, 1.165) is 26.1 Å². The number of methoxy groups -OCH3 is 1. The number of carbonyl (C=O) groups excluding carboxylic acids is 2. The minimum atomic E-state index is -1.99. The highest BCUT2D eigenvalue weighted by Crippen LogP contribution is 2.42. The maximum absolute atomic E-state index is 14.9. The number of aliphatic hydroxyl groups excluding tert-OH is 3. The summed E-state index contributed by atoms with van der Waals surface area (Å²) in [5.74, 6) is -6.96. The number of nitrogens with zero attached hydrogens (tertiary/aromatic N) is 3. The van der Waals surface area contributed by atoms with Gasteiger partial charge in [-0.05, 0) is 26.3 Å². The molecule has 4 heterocycles. The lowest BCUT2D eigenvalue weighted by Gasteiger charge is -2.38. The number of amides is 1. The molecule has 5 bridgehead atoms. The fraction of sp³-hybridized carbons (Fsp3) is 0.471. The first kappa shape index (κ1) is 49.6. The van der Waals surface area contributed by atoms with Crippen LogP contribution in [0.3, 0.4) is 0 Å². The average Bonchev–Trinajstić information content (AvgIpc) is 3.58. The number of aromatic hydroxyl groups is 1. The van der Waals surface area contributed by atoms with Crippen LogP contribution in [0, 0.1) is 30.6 Å². The van der Waals surface area contributed by atoms with Crippen molar-refractivity contribution >= 4 is 62.0 Å². The average molecular weight is 939 g/mol. The summed E-state index contributed by atoms with van der Waals surface area (Å²) in [6.07, 6.45) is 6.28. The third-order valence-corrected chi connectivity index (χ3v) is 13.8. The third-order valence-electron chi connectivity index (χ3n) is 13.8. The van der Waals surface area contributed by atoms with Gasteiger partial charge in [0.2, 0.25) is 10.9 Å². The molecule has 0 aliphatic carbocycles. The molecule has 3 aliphatic rings. The Balaban J connectivity index is 1.45. The first-order chi connectivity index (χ1) is 32.2. The number of aromatic nitrogens is 1. The van der Waals surface area contributed by atoms with Gasteiger partial charge in [-0.15, -0.1) is 6.58 Å². The fourth-order valence-electron chi connectivity index (χ4n) is 9.56. The molecule has 4 aromatic rings. The molecule has 0 spiro atoms. The molecule has 5 N–H and O–H groups in total. The highest BCUT2D eigenvalue weighted by Gasteiger charge is 2.44. The number of hydrogen-bond donors (Lipinski definition) is 5. The normalized spacial score (nSPS) is 29.3. The zero-order valence-corrected chi connectivity index (χ0v) is 40.0. The lowest BCUT2D eigenvalue weighted by Crippen LogP contribution is -2.46. The molecule has 1 amide bonds. The van der Waals surface area contributed by atoms with E-state index in [0.29, 0.717) is 18.8 Å². The summed E-state index contributed by atoms with van der Waals surface area (Å²) in [6, 6.07) is 3.13. The van der Waals surface area contributed by atoms with Crippen molar-refractivity contribution in [2.75, 3.05) is 50.1 Å². The minimum absolute atomic E-state index is 0.0292. The Morgan fingerprint density at radius 2 is 1.69 bits per heavy atom. The largest absolute Gasteiger partial charge is 0.507 e. The molecule has 9 atom stereocenters. The highest BCUT2D eigenvalue weighted by molar-refractivity contribution is 6.16. The number of aliphatic hydroxyl groups is 3. The zero-order chi connectivity index (χ0) is 49.5. The topological polar surface area (TPSA) is 231 Å². The molecule has 3 aliphatic heterocycles. The van der Waals surface area contributed by atoms with Crippen molar-refractivity contribution in [1.82, 2.24) is 9.88 Å². The lowest BCUT2D eigenvalue weighted by molar-refractivity contribution is -0.160. The van der Waals surface area contributed by atoms with Crippen molar-refractivity contribution in [3.63, 3.8) is 0 Å². The minimum Gasteiger partial charge on any atom is -0.507 e. The molecule has 0 unspecified atom stereocenters. The number of fused-ring (bicyclic) bond motifs is 5. The number of carbonyl (C=O) groups is 2. The van der Waals surface area contributed by atoms with Gasteiger partial charge in [0.25, 0.3) is 5.91 Å². The van der Waals surface area contributed by atoms with Crippen molar-refractivity contribution in [3.05, 3.63) is 92.2 Å². The Morgan fingerprint density at radius 3 is 2.35 bits per heavy atom. The lowest BCUT2D eigenvalue weighted by atomic mass is 9.78. The van der Waals surface area contributed by atoms with Gasteiger partial charge in [-0.3, -0.25) is 24.1 Å². The van der Waals surface area contributed by atoms with E-state index in [-0.39, 0.29) is 60.8 Å². The van der Waals surface area contributed by atoms with Gasteiger partial charge in [0, 0.05) is 112 Å². The molecule has 68 heavy (non-hydrogen) atoms. The first-order valence-corrected chi connectivity index (χ1v) is 22.9. The van der Waals surface area contributed by atoms with Gasteiger partial charge < -0.3 is 54.0 Å². The summed E-state index contributed by atoms with van der Waals surface area (Å²) in [6.45, 7) is 20.1. The SMILES string of the molecule is C=CCCN1CCN(c2cc(=O)c3nc4c(oc3c2)c2c(=O)c3c(O)c(C)c5c(c34)=C(O)[C@@](C)(O/C=C\[C@H](OC)[C@@H](C)[C@@H](OC(C)=O)[C@H](C)[C@H](O)[C@H](C)[C@@H](O)[C@@H](C)/C=C/C=C(\C)C(=O)N2)O5)CC1. The van der Waals surface area contributed by atoms with Gasteiger partial charge >= 0.3 is 11.8 Å². The van der Waals surface area contributed by atoms with Crippen LogP contribution in [0.5, 0.6) is 11.5 Å². The number of benzene rings is 3. The number of phenolic OH excluding ortho intramolecular Hbond substituents is 1. The Bertz CT molecular complexity index is 2920. The Kier molecular flexibility index (Phi) is 14.4. The first-order valence-electron chi connectivity index (χ1n) is 22.9. The number of rotatable bonds is 6.